The number of nitrogens with one attached hydrogen (secondary N) is 1. The summed E-state index contributed by atoms with van der Waals surface area (Å²) in [4.78, 5) is -0.435. The molecular weight excluding hydrogens is 310 g/mol. The van der Waals surface area contributed by atoms with Gasteiger partial charge in [0.1, 0.15) is 0 Å². The second kappa shape index (κ2) is 5.26. The van der Waals surface area contributed by atoms with Crippen molar-refractivity contribution in [1.82, 2.24) is 0 Å². The predicted octanol–water partition coefficient (Wildman–Crippen LogP) is 3.00. The van der Waals surface area contributed by atoms with Crippen LogP contribution in [0, 0.1) is 11.6 Å². The summed E-state index contributed by atoms with van der Waals surface area (Å²) in [5.41, 5.74) is 5.71. The van der Waals surface area contributed by atoms with Crippen LogP contribution in [0.1, 0.15) is 0 Å². The molecule has 0 saturated carbocycles. The van der Waals surface area contributed by atoms with Crippen molar-refractivity contribution < 1.29 is 17.2 Å². The summed E-state index contributed by atoms with van der Waals surface area (Å²) in [6.07, 6.45) is 0. The van der Waals surface area contributed by atoms with E-state index in [2.05, 4.69) is 4.72 Å². The molecule has 4 nitrogen and oxygen atoms in total. The molecule has 0 spiro atoms. The Labute approximate surface area is 119 Å². The fraction of sp³-hybridized carbons (Fsp3) is 0. The molecule has 0 aromatic heterocycles. The van der Waals surface area contributed by atoms with E-state index < -0.39 is 26.6 Å². The molecule has 0 saturated heterocycles. The average molecular weight is 319 g/mol. The molecule has 0 aliphatic carbocycles. The molecule has 0 aliphatic rings. The maximum Gasteiger partial charge on any atom is 0.262 e. The molecule has 2 aromatic rings. The van der Waals surface area contributed by atoms with Crippen molar-refractivity contribution >= 4 is 33.0 Å². The van der Waals surface area contributed by atoms with Gasteiger partial charge in [-0.15, -0.1) is 0 Å². The standard InChI is InChI=1S/C12H9ClF2N2O2S/c13-8-2-1-3-11(16)12(8)17-20(18,19)7-4-5-9(14)10(15)6-7/h1-6,17H,16H2. The van der Waals surface area contributed by atoms with E-state index >= 15 is 0 Å². The highest BCUT2D eigenvalue weighted by atomic mass is 35.5. The molecule has 2 aromatic carbocycles. The maximum atomic E-state index is 13.1. The molecule has 8 heteroatoms. The van der Waals surface area contributed by atoms with Crippen LogP contribution in [0.5, 0.6) is 0 Å². The molecular formula is C12H9ClF2N2O2S. The van der Waals surface area contributed by atoms with Crippen LogP contribution >= 0.6 is 11.6 Å². The molecule has 106 valence electrons. The third-order valence-electron chi connectivity index (χ3n) is 2.48. The van der Waals surface area contributed by atoms with Crippen molar-refractivity contribution in [2.24, 2.45) is 0 Å². The first kappa shape index (κ1) is 14.5. The summed E-state index contributed by atoms with van der Waals surface area (Å²) in [7, 11) is -4.12. The van der Waals surface area contributed by atoms with E-state index in [-0.39, 0.29) is 16.4 Å². The Morgan fingerprint density at radius 2 is 1.80 bits per heavy atom. The summed E-state index contributed by atoms with van der Waals surface area (Å²) >= 11 is 5.84. The number of benzene rings is 2. The van der Waals surface area contributed by atoms with Gasteiger partial charge in [0.15, 0.2) is 11.6 Å². The molecule has 3 N–H and O–H groups in total. The van der Waals surface area contributed by atoms with Gasteiger partial charge >= 0.3 is 0 Å². The Balaban J connectivity index is 2.43. The van der Waals surface area contributed by atoms with Gasteiger partial charge in [0.25, 0.3) is 10.0 Å². The second-order valence-corrected chi connectivity index (χ2v) is 5.98. The Kier molecular flexibility index (Phi) is 3.82. The number of sulfonamides is 1. The number of nitrogens with two attached hydrogens (primary N) is 1. The van der Waals surface area contributed by atoms with Crippen LogP contribution in [0.25, 0.3) is 0 Å². The molecule has 0 aliphatic heterocycles. The Morgan fingerprint density at radius 1 is 1.10 bits per heavy atom. The zero-order valence-electron chi connectivity index (χ0n) is 9.90. The van der Waals surface area contributed by atoms with Crippen molar-refractivity contribution in [3.63, 3.8) is 0 Å². The van der Waals surface area contributed by atoms with Crippen LogP contribution in [-0.2, 0) is 10.0 Å². The van der Waals surface area contributed by atoms with Crippen LogP contribution in [0.3, 0.4) is 0 Å². The van der Waals surface area contributed by atoms with Crippen molar-refractivity contribution in [2.45, 2.75) is 4.90 Å². The molecule has 0 bridgehead atoms. The zero-order valence-corrected chi connectivity index (χ0v) is 11.5. The van der Waals surface area contributed by atoms with Gasteiger partial charge < -0.3 is 5.73 Å². The van der Waals surface area contributed by atoms with Gasteiger partial charge in [-0.1, -0.05) is 17.7 Å². The van der Waals surface area contributed by atoms with Crippen LogP contribution < -0.4 is 10.5 Å². The normalized spacial score (nSPS) is 11.3. The van der Waals surface area contributed by atoms with Crippen molar-refractivity contribution in [1.29, 1.82) is 0 Å². The minimum absolute atomic E-state index is 0.0149. The number of halogens is 3. The van der Waals surface area contributed by atoms with E-state index in [0.29, 0.717) is 6.07 Å². The number of hydrogen-bond donors (Lipinski definition) is 2. The second-order valence-electron chi connectivity index (χ2n) is 3.89. The lowest BCUT2D eigenvalue weighted by Gasteiger charge is -2.12. The monoisotopic (exact) mass is 318 g/mol. The minimum Gasteiger partial charge on any atom is -0.397 e. The van der Waals surface area contributed by atoms with E-state index in [1.54, 1.807) is 6.07 Å². The van der Waals surface area contributed by atoms with E-state index in [4.69, 9.17) is 17.3 Å². The molecule has 20 heavy (non-hydrogen) atoms. The van der Waals surface area contributed by atoms with Gasteiger partial charge in [0.2, 0.25) is 0 Å². The van der Waals surface area contributed by atoms with Crippen LogP contribution in [0.4, 0.5) is 20.2 Å². The average Bonchev–Trinajstić information content (AvgIpc) is 2.37. The van der Waals surface area contributed by atoms with E-state index in [0.717, 1.165) is 12.1 Å². The zero-order chi connectivity index (χ0) is 14.9. The topological polar surface area (TPSA) is 72.2 Å². The fourth-order valence-corrected chi connectivity index (χ4v) is 2.89. The quantitative estimate of drug-likeness (QED) is 0.854. The molecule has 2 rings (SSSR count). The highest BCUT2D eigenvalue weighted by molar-refractivity contribution is 7.92. The van der Waals surface area contributed by atoms with Gasteiger partial charge in [-0.2, -0.15) is 0 Å². The third kappa shape index (κ3) is 2.83. The highest BCUT2D eigenvalue weighted by Crippen LogP contribution is 2.30. The Morgan fingerprint density at radius 3 is 2.40 bits per heavy atom. The van der Waals surface area contributed by atoms with Crippen molar-refractivity contribution in [2.75, 3.05) is 10.5 Å². The molecule has 0 fully saturated rings. The van der Waals surface area contributed by atoms with Gasteiger partial charge in [0.05, 0.1) is 21.3 Å². The van der Waals surface area contributed by atoms with E-state index in [9.17, 15) is 17.2 Å². The summed E-state index contributed by atoms with van der Waals surface area (Å²) in [5, 5.41) is 0.0937. The van der Waals surface area contributed by atoms with E-state index in [1.165, 1.54) is 12.1 Å². The van der Waals surface area contributed by atoms with Gasteiger partial charge in [0, 0.05) is 0 Å². The lowest BCUT2D eigenvalue weighted by molar-refractivity contribution is 0.504. The van der Waals surface area contributed by atoms with Crippen LogP contribution in [-0.4, -0.2) is 8.42 Å². The summed E-state index contributed by atoms with van der Waals surface area (Å²) < 4.78 is 52.2. The fourth-order valence-electron chi connectivity index (χ4n) is 1.49. The molecule has 0 heterocycles. The van der Waals surface area contributed by atoms with Crippen molar-refractivity contribution in [3.05, 3.63) is 53.1 Å². The highest BCUT2D eigenvalue weighted by Gasteiger charge is 2.19. The molecule has 0 unspecified atom stereocenters. The first-order valence-corrected chi connectivity index (χ1v) is 7.19. The number of para-hydroxylation sites is 1. The summed E-state index contributed by atoms with van der Waals surface area (Å²) in [6, 6.07) is 6.68. The SMILES string of the molecule is Nc1cccc(Cl)c1NS(=O)(=O)c1ccc(F)c(F)c1. The van der Waals surface area contributed by atoms with Gasteiger partial charge in [-0.3, -0.25) is 4.72 Å². The molecule has 0 amide bonds. The third-order valence-corrected chi connectivity index (χ3v) is 4.15. The predicted molar refractivity (Wildman–Crippen MR) is 73.0 cm³/mol. The van der Waals surface area contributed by atoms with Gasteiger partial charge in [-0.25, -0.2) is 17.2 Å². The smallest absolute Gasteiger partial charge is 0.262 e. The Hall–Kier alpha value is -1.86. The first-order valence-electron chi connectivity index (χ1n) is 5.33. The Bertz CT molecular complexity index is 746. The van der Waals surface area contributed by atoms with Gasteiger partial charge in [-0.05, 0) is 30.3 Å². The number of hydrogen-bond acceptors (Lipinski definition) is 3. The van der Waals surface area contributed by atoms with Crippen molar-refractivity contribution in [3.8, 4) is 0 Å². The number of anilines is 2. The molecule has 0 atom stereocenters. The first-order chi connectivity index (χ1) is 9.31. The number of rotatable bonds is 3. The minimum atomic E-state index is -4.12. The van der Waals surface area contributed by atoms with Crippen LogP contribution in [0.2, 0.25) is 5.02 Å². The lowest BCUT2D eigenvalue weighted by Crippen LogP contribution is -2.15. The number of nitrogen functional groups attached to an aromatic ring is 1. The summed E-state index contributed by atoms with van der Waals surface area (Å²) in [6.45, 7) is 0. The maximum absolute atomic E-state index is 13.1. The summed E-state index contributed by atoms with van der Waals surface area (Å²) in [5.74, 6) is -2.40. The molecule has 0 radical (unpaired) electrons. The lowest BCUT2D eigenvalue weighted by atomic mass is 10.3. The van der Waals surface area contributed by atoms with Crippen LogP contribution in [0.15, 0.2) is 41.3 Å². The largest absolute Gasteiger partial charge is 0.397 e. The van der Waals surface area contributed by atoms with E-state index in [1.807, 2.05) is 0 Å².